The molecule has 8 heteroatoms. The number of anilines is 1. The zero-order chi connectivity index (χ0) is 14.6. The summed E-state index contributed by atoms with van der Waals surface area (Å²) in [6.07, 6.45) is 1.58. The van der Waals surface area contributed by atoms with Crippen LogP contribution in [0.15, 0.2) is 41.4 Å². The standard InChI is InChI=1S/C12H15N5O2S/c1-9-14-7-6-10(16-9)8-15-20(18,19)12-5-3-2-4-11(12)17-13/h2-7,15,17H,8,13H2,1H3. The van der Waals surface area contributed by atoms with Gasteiger partial charge in [-0.1, -0.05) is 12.1 Å². The molecule has 1 aromatic carbocycles. The van der Waals surface area contributed by atoms with E-state index in [0.29, 0.717) is 17.2 Å². The highest BCUT2D eigenvalue weighted by atomic mass is 32.2. The Morgan fingerprint density at radius 1 is 1.25 bits per heavy atom. The number of hydrogen-bond acceptors (Lipinski definition) is 6. The number of hydrogen-bond donors (Lipinski definition) is 3. The summed E-state index contributed by atoms with van der Waals surface area (Å²) >= 11 is 0. The van der Waals surface area contributed by atoms with Crippen molar-refractivity contribution >= 4 is 15.7 Å². The van der Waals surface area contributed by atoms with Gasteiger partial charge in [-0.3, -0.25) is 5.84 Å². The summed E-state index contributed by atoms with van der Waals surface area (Å²) in [7, 11) is -3.67. The van der Waals surface area contributed by atoms with Crippen LogP contribution in [0.5, 0.6) is 0 Å². The van der Waals surface area contributed by atoms with Crippen LogP contribution in [-0.4, -0.2) is 18.4 Å². The molecule has 2 rings (SSSR count). The molecule has 0 fully saturated rings. The van der Waals surface area contributed by atoms with E-state index < -0.39 is 10.0 Å². The number of rotatable bonds is 5. The number of benzene rings is 1. The van der Waals surface area contributed by atoms with Gasteiger partial charge in [0, 0.05) is 6.20 Å². The van der Waals surface area contributed by atoms with Crippen LogP contribution in [0.4, 0.5) is 5.69 Å². The van der Waals surface area contributed by atoms with Crippen molar-refractivity contribution < 1.29 is 8.42 Å². The first-order valence-corrected chi connectivity index (χ1v) is 7.35. The van der Waals surface area contributed by atoms with Crippen LogP contribution in [0.25, 0.3) is 0 Å². The second kappa shape index (κ2) is 5.95. The van der Waals surface area contributed by atoms with Crippen molar-refractivity contribution in [1.29, 1.82) is 0 Å². The molecule has 0 aliphatic carbocycles. The number of aryl methyl sites for hydroxylation is 1. The maximum Gasteiger partial charge on any atom is 0.243 e. The van der Waals surface area contributed by atoms with Crippen LogP contribution in [0.2, 0.25) is 0 Å². The van der Waals surface area contributed by atoms with Crippen LogP contribution < -0.4 is 16.0 Å². The summed E-state index contributed by atoms with van der Waals surface area (Å²) in [5, 5.41) is 0. The van der Waals surface area contributed by atoms with Gasteiger partial charge in [0.15, 0.2) is 0 Å². The van der Waals surface area contributed by atoms with E-state index >= 15 is 0 Å². The van der Waals surface area contributed by atoms with Gasteiger partial charge < -0.3 is 5.43 Å². The van der Waals surface area contributed by atoms with Gasteiger partial charge >= 0.3 is 0 Å². The fourth-order valence-corrected chi connectivity index (χ4v) is 2.84. The number of nitrogen functional groups attached to an aromatic ring is 1. The van der Waals surface area contributed by atoms with Crippen molar-refractivity contribution in [2.75, 3.05) is 5.43 Å². The average Bonchev–Trinajstić information content (AvgIpc) is 2.45. The Bertz CT molecular complexity index is 702. The smallest absolute Gasteiger partial charge is 0.243 e. The molecule has 0 aliphatic rings. The fraction of sp³-hybridized carbons (Fsp3) is 0.167. The van der Waals surface area contributed by atoms with Crippen LogP contribution in [0, 0.1) is 6.92 Å². The van der Waals surface area contributed by atoms with Crippen LogP contribution >= 0.6 is 0 Å². The van der Waals surface area contributed by atoms with Crippen LogP contribution in [0.3, 0.4) is 0 Å². The van der Waals surface area contributed by atoms with Gasteiger partial charge in [0.25, 0.3) is 0 Å². The Kier molecular flexibility index (Phi) is 4.28. The third-order valence-electron chi connectivity index (χ3n) is 2.61. The second-order valence-corrected chi connectivity index (χ2v) is 5.80. The fourth-order valence-electron chi connectivity index (χ4n) is 1.67. The predicted octanol–water partition coefficient (Wildman–Crippen LogP) is 0.549. The molecule has 106 valence electrons. The largest absolute Gasteiger partial charge is 0.323 e. The molecular weight excluding hydrogens is 278 g/mol. The van der Waals surface area contributed by atoms with Crippen LogP contribution in [-0.2, 0) is 16.6 Å². The molecule has 7 nitrogen and oxygen atoms in total. The molecule has 0 saturated carbocycles. The van der Waals surface area contributed by atoms with E-state index in [0.717, 1.165) is 0 Å². The predicted molar refractivity (Wildman–Crippen MR) is 75.0 cm³/mol. The molecule has 1 aromatic heterocycles. The van der Waals surface area contributed by atoms with Crippen molar-refractivity contribution in [1.82, 2.24) is 14.7 Å². The molecule has 0 atom stereocenters. The number of aromatic nitrogens is 2. The van der Waals surface area contributed by atoms with Crippen molar-refractivity contribution in [3.8, 4) is 0 Å². The zero-order valence-electron chi connectivity index (χ0n) is 10.9. The molecule has 4 N–H and O–H groups in total. The highest BCUT2D eigenvalue weighted by molar-refractivity contribution is 7.89. The molecule has 0 amide bonds. The zero-order valence-corrected chi connectivity index (χ0v) is 11.7. The molecule has 20 heavy (non-hydrogen) atoms. The third-order valence-corrected chi connectivity index (χ3v) is 4.07. The number of para-hydroxylation sites is 1. The lowest BCUT2D eigenvalue weighted by Gasteiger charge is -2.10. The minimum atomic E-state index is -3.67. The van der Waals surface area contributed by atoms with E-state index in [1.807, 2.05) is 0 Å². The van der Waals surface area contributed by atoms with Gasteiger partial charge in [0.05, 0.1) is 17.9 Å². The van der Waals surface area contributed by atoms with E-state index in [1.54, 1.807) is 37.4 Å². The Labute approximate surface area is 117 Å². The second-order valence-electron chi connectivity index (χ2n) is 4.06. The molecule has 0 saturated heterocycles. The van der Waals surface area contributed by atoms with E-state index in [9.17, 15) is 8.42 Å². The van der Waals surface area contributed by atoms with Gasteiger partial charge in [-0.15, -0.1) is 0 Å². The normalized spacial score (nSPS) is 11.3. The van der Waals surface area contributed by atoms with Crippen LogP contribution in [0.1, 0.15) is 11.5 Å². The Morgan fingerprint density at radius 3 is 2.70 bits per heavy atom. The minimum absolute atomic E-state index is 0.0879. The SMILES string of the molecule is Cc1nccc(CNS(=O)(=O)c2ccccc2NN)n1. The Hall–Kier alpha value is -2.03. The van der Waals surface area contributed by atoms with Gasteiger partial charge in [-0.05, 0) is 25.1 Å². The first-order valence-electron chi connectivity index (χ1n) is 5.87. The first-order chi connectivity index (χ1) is 9.53. The molecule has 0 aliphatic heterocycles. The van der Waals surface area contributed by atoms with Gasteiger partial charge in [0.1, 0.15) is 10.7 Å². The lowest BCUT2D eigenvalue weighted by atomic mass is 10.3. The van der Waals surface area contributed by atoms with Crippen molar-refractivity contribution in [3.63, 3.8) is 0 Å². The molecule has 0 radical (unpaired) electrons. The molecule has 1 heterocycles. The van der Waals surface area contributed by atoms with Crippen molar-refractivity contribution in [2.45, 2.75) is 18.4 Å². The van der Waals surface area contributed by atoms with Crippen molar-refractivity contribution in [3.05, 3.63) is 48.0 Å². The summed E-state index contributed by atoms with van der Waals surface area (Å²) in [6, 6.07) is 8.04. The molecule has 0 unspecified atom stereocenters. The topological polar surface area (TPSA) is 110 Å². The first kappa shape index (κ1) is 14.4. The third kappa shape index (κ3) is 3.29. The number of nitrogens with zero attached hydrogens (tertiary/aromatic N) is 2. The quantitative estimate of drug-likeness (QED) is 0.548. The molecule has 0 bridgehead atoms. The molecule has 2 aromatic rings. The molecule has 0 spiro atoms. The van der Waals surface area contributed by atoms with E-state index in [4.69, 9.17) is 5.84 Å². The lowest BCUT2D eigenvalue weighted by Crippen LogP contribution is -2.25. The monoisotopic (exact) mass is 293 g/mol. The highest BCUT2D eigenvalue weighted by Gasteiger charge is 2.17. The summed E-state index contributed by atoms with van der Waals surface area (Å²) in [5.41, 5.74) is 3.29. The maximum atomic E-state index is 12.2. The number of sulfonamides is 1. The number of nitrogens with two attached hydrogens (primary N) is 1. The highest BCUT2D eigenvalue weighted by Crippen LogP contribution is 2.19. The Balaban J connectivity index is 2.19. The van der Waals surface area contributed by atoms with Gasteiger partial charge in [0.2, 0.25) is 10.0 Å². The summed E-state index contributed by atoms with van der Waals surface area (Å²) < 4.78 is 26.9. The molecular formula is C12H15N5O2S. The van der Waals surface area contributed by atoms with E-state index in [-0.39, 0.29) is 11.4 Å². The number of hydrazine groups is 1. The summed E-state index contributed by atoms with van der Waals surface area (Å²) in [5.74, 6) is 5.90. The number of nitrogens with one attached hydrogen (secondary N) is 2. The van der Waals surface area contributed by atoms with Gasteiger partial charge in [-0.2, -0.15) is 0 Å². The van der Waals surface area contributed by atoms with E-state index in [2.05, 4.69) is 20.1 Å². The minimum Gasteiger partial charge on any atom is -0.323 e. The summed E-state index contributed by atoms with van der Waals surface area (Å²) in [4.78, 5) is 8.18. The lowest BCUT2D eigenvalue weighted by molar-refractivity contribution is 0.580. The average molecular weight is 293 g/mol. The van der Waals surface area contributed by atoms with Crippen molar-refractivity contribution in [2.24, 2.45) is 5.84 Å². The maximum absolute atomic E-state index is 12.2. The van der Waals surface area contributed by atoms with Gasteiger partial charge in [-0.25, -0.2) is 23.1 Å². The summed E-state index contributed by atoms with van der Waals surface area (Å²) in [6.45, 7) is 1.83. The Morgan fingerprint density at radius 2 is 2.00 bits per heavy atom. The van der Waals surface area contributed by atoms with E-state index in [1.165, 1.54) is 6.07 Å².